The SMILES string of the molecule is COc1cccnc1NC(=O)C1CNC1. The maximum Gasteiger partial charge on any atom is 0.231 e. The molecule has 0 spiro atoms. The van der Waals surface area contributed by atoms with Gasteiger partial charge in [-0.2, -0.15) is 0 Å². The van der Waals surface area contributed by atoms with Crippen LogP contribution in [0.1, 0.15) is 0 Å². The molecule has 0 unspecified atom stereocenters. The Bertz CT molecular complexity index is 363. The fourth-order valence-electron chi connectivity index (χ4n) is 1.34. The minimum Gasteiger partial charge on any atom is -0.493 e. The topological polar surface area (TPSA) is 63.2 Å². The van der Waals surface area contributed by atoms with E-state index in [9.17, 15) is 4.79 Å². The van der Waals surface area contributed by atoms with Crippen molar-refractivity contribution in [3.8, 4) is 5.75 Å². The van der Waals surface area contributed by atoms with Gasteiger partial charge in [0.05, 0.1) is 13.0 Å². The van der Waals surface area contributed by atoms with E-state index in [1.165, 1.54) is 0 Å². The summed E-state index contributed by atoms with van der Waals surface area (Å²) in [5, 5.41) is 5.79. The Morgan fingerprint density at radius 2 is 2.47 bits per heavy atom. The van der Waals surface area contributed by atoms with Crippen molar-refractivity contribution < 1.29 is 9.53 Å². The summed E-state index contributed by atoms with van der Waals surface area (Å²) in [6, 6.07) is 3.53. The number of amides is 1. The van der Waals surface area contributed by atoms with Gasteiger partial charge in [-0.3, -0.25) is 4.79 Å². The number of hydrogen-bond donors (Lipinski definition) is 2. The molecule has 2 rings (SSSR count). The average molecular weight is 207 g/mol. The van der Waals surface area contributed by atoms with Gasteiger partial charge in [-0.15, -0.1) is 0 Å². The van der Waals surface area contributed by atoms with Crippen molar-refractivity contribution >= 4 is 11.7 Å². The van der Waals surface area contributed by atoms with E-state index in [2.05, 4.69) is 15.6 Å². The molecule has 1 aliphatic heterocycles. The lowest BCUT2D eigenvalue weighted by Crippen LogP contribution is -2.48. The normalized spacial score (nSPS) is 15.5. The molecule has 0 saturated carbocycles. The monoisotopic (exact) mass is 207 g/mol. The maximum atomic E-state index is 11.6. The zero-order valence-corrected chi connectivity index (χ0v) is 8.49. The van der Waals surface area contributed by atoms with Gasteiger partial charge in [0.1, 0.15) is 0 Å². The van der Waals surface area contributed by atoms with Crippen LogP contribution < -0.4 is 15.4 Å². The fraction of sp³-hybridized carbons (Fsp3) is 0.400. The van der Waals surface area contributed by atoms with Gasteiger partial charge < -0.3 is 15.4 Å². The fourth-order valence-corrected chi connectivity index (χ4v) is 1.34. The number of rotatable bonds is 3. The molecule has 1 fully saturated rings. The smallest absolute Gasteiger partial charge is 0.231 e. The largest absolute Gasteiger partial charge is 0.493 e. The van der Waals surface area contributed by atoms with Crippen molar-refractivity contribution in [2.75, 3.05) is 25.5 Å². The van der Waals surface area contributed by atoms with Crippen molar-refractivity contribution in [2.45, 2.75) is 0 Å². The zero-order valence-electron chi connectivity index (χ0n) is 8.49. The molecule has 0 radical (unpaired) electrons. The number of anilines is 1. The minimum absolute atomic E-state index is 0.00856. The van der Waals surface area contributed by atoms with E-state index in [4.69, 9.17) is 4.74 Å². The highest BCUT2D eigenvalue weighted by atomic mass is 16.5. The van der Waals surface area contributed by atoms with E-state index in [1.807, 2.05) is 0 Å². The second-order valence-corrected chi connectivity index (χ2v) is 3.40. The van der Waals surface area contributed by atoms with Crippen molar-refractivity contribution in [2.24, 2.45) is 5.92 Å². The van der Waals surface area contributed by atoms with Gasteiger partial charge in [0.2, 0.25) is 5.91 Å². The number of pyridine rings is 1. The summed E-state index contributed by atoms with van der Waals surface area (Å²) in [4.78, 5) is 15.7. The highest BCUT2D eigenvalue weighted by Gasteiger charge is 2.25. The molecule has 2 N–H and O–H groups in total. The molecule has 1 aromatic rings. The van der Waals surface area contributed by atoms with Crippen LogP contribution in [0.2, 0.25) is 0 Å². The number of nitrogens with one attached hydrogen (secondary N) is 2. The number of carbonyl (C=O) groups is 1. The van der Waals surface area contributed by atoms with E-state index in [-0.39, 0.29) is 11.8 Å². The highest BCUT2D eigenvalue weighted by molar-refractivity contribution is 5.93. The van der Waals surface area contributed by atoms with Crippen LogP contribution in [0.15, 0.2) is 18.3 Å². The molecule has 5 heteroatoms. The van der Waals surface area contributed by atoms with Crippen molar-refractivity contribution in [3.63, 3.8) is 0 Å². The van der Waals surface area contributed by atoms with Crippen LogP contribution in [0.3, 0.4) is 0 Å². The Hall–Kier alpha value is -1.62. The van der Waals surface area contributed by atoms with Gasteiger partial charge >= 0.3 is 0 Å². The second-order valence-electron chi connectivity index (χ2n) is 3.40. The molecule has 0 bridgehead atoms. The van der Waals surface area contributed by atoms with Crippen LogP contribution in [0.5, 0.6) is 5.75 Å². The third-order valence-electron chi connectivity index (χ3n) is 2.38. The summed E-state index contributed by atoms with van der Waals surface area (Å²) >= 11 is 0. The predicted octanol–water partition coefficient (Wildman–Crippen LogP) is 0.248. The van der Waals surface area contributed by atoms with E-state index in [1.54, 1.807) is 25.4 Å². The van der Waals surface area contributed by atoms with Crippen LogP contribution in [0.25, 0.3) is 0 Å². The third kappa shape index (κ3) is 2.07. The summed E-state index contributed by atoms with van der Waals surface area (Å²) in [5.74, 6) is 1.11. The lowest BCUT2D eigenvalue weighted by molar-refractivity contribution is -0.121. The first-order valence-electron chi connectivity index (χ1n) is 4.82. The Labute approximate surface area is 87.8 Å². The number of carbonyl (C=O) groups excluding carboxylic acids is 1. The number of nitrogens with zero attached hydrogens (tertiary/aromatic N) is 1. The summed E-state index contributed by atoms with van der Waals surface area (Å²) < 4.78 is 5.08. The molecule has 1 aliphatic rings. The molecule has 0 atom stereocenters. The Balaban J connectivity index is 2.05. The van der Waals surface area contributed by atoms with E-state index in [0.29, 0.717) is 11.6 Å². The van der Waals surface area contributed by atoms with Crippen molar-refractivity contribution in [3.05, 3.63) is 18.3 Å². The Kier molecular flexibility index (Phi) is 2.82. The molecule has 5 nitrogen and oxygen atoms in total. The van der Waals surface area contributed by atoms with Gasteiger partial charge in [0, 0.05) is 19.3 Å². The number of methoxy groups -OCH3 is 1. The molecule has 1 amide bonds. The number of aromatic nitrogens is 1. The van der Waals surface area contributed by atoms with Crippen molar-refractivity contribution in [1.82, 2.24) is 10.3 Å². The summed E-state index contributed by atoms with van der Waals surface area (Å²) in [6.07, 6.45) is 1.62. The molecular formula is C10H13N3O2. The molecule has 15 heavy (non-hydrogen) atoms. The molecule has 80 valence electrons. The Morgan fingerprint density at radius 1 is 1.67 bits per heavy atom. The molecule has 1 aromatic heterocycles. The standard InChI is InChI=1S/C10H13N3O2/c1-15-8-3-2-4-12-9(8)13-10(14)7-5-11-6-7/h2-4,7,11H,5-6H2,1H3,(H,12,13,14). The second kappa shape index (κ2) is 4.27. The van der Waals surface area contributed by atoms with Gasteiger partial charge in [0.25, 0.3) is 0 Å². The molecule has 1 saturated heterocycles. The van der Waals surface area contributed by atoms with Crippen molar-refractivity contribution in [1.29, 1.82) is 0 Å². The van der Waals surface area contributed by atoms with E-state index in [0.717, 1.165) is 13.1 Å². The van der Waals surface area contributed by atoms with Crippen LogP contribution in [-0.2, 0) is 4.79 Å². The first-order chi connectivity index (χ1) is 7.31. The van der Waals surface area contributed by atoms with Crippen LogP contribution in [-0.4, -0.2) is 31.1 Å². The lowest BCUT2D eigenvalue weighted by Gasteiger charge is -2.25. The highest BCUT2D eigenvalue weighted by Crippen LogP contribution is 2.20. The first-order valence-corrected chi connectivity index (χ1v) is 4.82. The molecule has 0 aromatic carbocycles. The molecule has 0 aliphatic carbocycles. The predicted molar refractivity (Wildman–Crippen MR) is 55.8 cm³/mol. The number of ether oxygens (including phenoxy) is 1. The van der Waals surface area contributed by atoms with E-state index < -0.39 is 0 Å². The van der Waals surface area contributed by atoms with Crippen LogP contribution in [0, 0.1) is 5.92 Å². The Morgan fingerprint density at radius 3 is 3.07 bits per heavy atom. The summed E-state index contributed by atoms with van der Waals surface area (Å²) in [7, 11) is 1.55. The van der Waals surface area contributed by atoms with Crippen LogP contribution >= 0.6 is 0 Å². The first kappa shape index (κ1) is 9.92. The van der Waals surface area contributed by atoms with Gasteiger partial charge in [-0.1, -0.05) is 0 Å². The maximum absolute atomic E-state index is 11.6. The molecular weight excluding hydrogens is 194 g/mol. The number of hydrogen-bond acceptors (Lipinski definition) is 4. The van der Waals surface area contributed by atoms with E-state index >= 15 is 0 Å². The zero-order chi connectivity index (χ0) is 10.7. The quantitative estimate of drug-likeness (QED) is 0.745. The summed E-state index contributed by atoms with van der Waals surface area (Å²) in [5.41, 5.74) is 0. The average Bonchev–Trinajstić information content (AvgIpc) is 2.15. The summed E-state index contributed by atoms with van der Waals surface area (Å²) in [6.45, 7) is 1.47. The third-order valence-corrected chi connectivity index (χ3v) is 2.38. The van der Waals surface area contributed by atoms with Crippen LogP contribution in [0.4, 0.5) is 5.82 Å². The van der Waals surface area contributed by atoms with Gasteiger partial charge in [-0.05, 0) is 12.1 Å². The molecule has 2 heterocycles. The van der Waals surface area contributed by atoms with Gasteiger partial charge in [0.15, 0.2) is 11.6 Å². The van der Waals surface area contributed by atoms with Gasteiger partial charge in [-0.25, -0.2) is 4.98 Å². The minimum atomic E-state index is -0.00856. The lowest BCUT2D eigenvalue weighted by atomic mass is 10.0.